The highest BCUT2D eigenvalue weighted by Crippen LogP contribution is 2.28. The van der Waals surface area contributed by atoms with E-state index in [1.165, 1.54) is 65.6 Å². The van der Waals surface area contributed by atoms with E-state index in [9.17, 15) is 32.5 Å². The highest BCUT2D eigenvalue weighted by molar-refractivity contribution is 7.92. The second kappa shape index (κ2) is 15.1. The molecule has 0 aliphatic heterocycles. The van der Waals surface area contributed by atoms with Crippen molar-refractivity contribution < 1.29 is 27.3 Å². The molecule has 0 heterocycles. The lowest BCUT2D eigenvalue weighted by Gasteiger charge is -2.34. The number of benzene rings is 4. The summed E-state index contributed by atoms with van der Waals surface area (Å²) < 4.78 is 43.7. The van der Waals surface area contributed by atoms with Gasteiger partial charge in [-0.1, -0.05) is 79.7 Å². The Hall–Kier alpha value is -5.10. The molecule has 1 N–H and O–H groups in total. The van der Waals surface area contributed by atoms with Gasteiger partial charge in [0.1, 0.15) is 18.4 Å². The number of halogens is 1. The third-order valence-corrected chi connectivity index (χ3v) is 8.85. The lowest BCUT2D eigenvalue weighted by molar-refractivity contribution is -0.384. The molecule has 12 heteroatoms. The molecule has 0 bridgehead atoms. The van der Waals surface area contributed by atoms with E-state index in [4.69, 9.17) is 0 Å². The quantitative estimate of drug-likeness (QED) is 0.152. The summed E-state index contributed by atoms with van der Waals surface area (Å²) in [5, 5.41) is 14.4. The average molecular weight is 633 g/mol. The lowest BCUT2D eigenvalue weighted by atomic mass is 10.0. The third-order valence-electron chi connectivity index (χ3n) is 7.06. The van der Waals surface area contributed by atoms with Crippen LogP contribution in [0.4, 0.5) is 15.8 Å². The zero-order valence-corrected chi connectivity index (χ0v) is 25.4. The van der Waals surface area contributed by atoms with Gasteiger partial charge in [-0.15, -0.1) is 0 Å². The zero-order chi connectivity index (χ0) is 32.4. The fourth-order valence-corrected chi connectivity index (χ4v) is 6.17. The van der Waals surface area contributed by atoms with Crippen LogP contribution in [0.2, 0.25) is 0 Å². The van der Waals surface area contributed by atoms with E-state index in [1.54, 1.807) is 36.4 Å². The van der Waals surface area contributed by atoms with Gasteiger partial charge < -0.3 is 10.2 Å². The van der Waals surface area contributed by atoms with Gasteiger partial charge in [-0.2, -0.15) is 0 Å². The van der Waals surface area contributed by atoms with Crippen LogP contribution in [0.25, 0.3) is 0 Å². The molecule has 0 aliphatic carbocycles. The molecule has 4 aromatic rings. The molecular weight excluding hydrogens is 599 g/mol. The molecule has 1 unspecified atom stereocenters. The number of non-ortho nitro benzene ring substituents is 1. The van der Waals surface area contributed by atoms with E-state index in [0.717, 1.165) is 15.9 Å². The predicted molar refractivity (Wildman–Crippen MR) is 168 cm³/mol. The molecule has 0 aromatic heterocycles. The molecule has 0 aliphatic rings. The van der Waals surface area contributed by atoms with Gasteiger partial charge in [0, 0.05) is 37.2 Å². The topological polar surface area (TPSA) is 130 Å². The third kappa shape index (κ3) is 8.30. The maximum Gasteiger partial charge on any atom is 0.271 e. The molecular formula is C33H33FN4O6S. The van der Waals surface area contributed by atoms with Crippen molar-refractivity contribution in [2.24, 2.45) is 0 Å². The van der Waals surface area contributed by atoms with Crippen LogP contribution in [0.1, 0.15) is 24.5 Å². The number of carbonyl (C=O) groups is 2. The fraction of sp³-hybridized carbons (Fsp3) is 0.212. The minimum absolute atomic E-state index is 0.0683. The Morgan fingerprint density at radius 1 is 0.911 bits per heavy atom. The smallest absolute Gasteiger partial charge is 0.271 e. The molecule has 1 atom stereocenters. The van der Waals surface area contributed by atoms with Gasteiger partial charge >= 0.3 is 0 Å². The predicted octanol–water partition coefficient (Wildman–Crippen LogP) is 5.10. The number of hydrogen-bond acceptors (Lipinski definition) is 6. The first-order chi connectivity index (χ1) is 21.6. The van der Waals surface area contributed by atoms with Gasteiger partial charge in [0.05, 0.1) is 15.5 Å². The van der Waals surface area contributed by atoms with Crippen LogP contribution < -0.4 is 9.62 Å². The van der Waals surface area contributed by atoms with Crippen molar-refractivity contribution in [1.82, 2.24) is 10.2 Å². The minimum Gasteiger partial charge on any atom is -0.354 e. The van der Waals surface area contributed by atoms with E-state index in [2.05, 4.69) is 5.32 Å². The van der Waals surface area contributed by atoms with Crippen molar-refractivity contribution in [2.75, 3.05) is 17.4 Å². The summed E-state index contributed by atoms with van der Waals surface area (Å²) in [6.07, 6.45) is 0.694. The monoisotopic (exact) mass is 632 g/mol. The molecule has 4 aromatic carbocycles. The summed E-state index contributed by atoms with van der Waals surface area (Å²) in [6.45, 7) is 1.05. The van der Waals surface area contributed by atoms with Crippen molar-refractivity contribution >= 4 is 33.2 Å². The van der Waals surface area contributed by atoms with Gasteiger partial charge in [-0.25, -0.2) is 12.8 Å². The number of sulfonamides is 1. The Labute approximate surface area is 261 Å². The number of nitro groups is 1. The first-order valence-corrected chi connectivity index (χ1v) is 15.7. The molecule has 0 radical (unpaired) electrons. The number of hydrogen-bond donors (Lipinski definition) is 1. The standard InChI is InChI=1S/C33H33FN4O6S/c1-2-20-35-33(40)31(21-25-12-5-3-6-13-25)36(23-26-14-9-10-19-30(26)34)32(39)24-37(27-15-11-16-28(22-27)38(41)42)45(43,44)29-17-7-4-8-18-29/h3-19,22,31H,2,20-21,23-24H2,1H3,(H,35,40). The van der Waals surface area contributed by atoms with E-state index in [0.29, 0.717) is 13.0 Å². The van der Waals surface area contributed by atoms with Gasteiger partial charge in [0.2, 0.25) is 11.8 Å². The van der Waals surface area contributed by atoms with Crippen molar-refractivity contribution in [3.05, 3.63) is 136 Å². The number of nitrogens with one attached hydrogen (secondary N) is 1. The summed E-state index contributed by atoms with van der Waals surface area (Å²) >= 11 is 0. The van der Waals surface area contributed by atoms with Crippen LogP contribution in [0.15, 0.2) is 114 Å². The van der Waals surface area contributed by atoms with E-state index in [1.807, 2.05) is 13.0 Å². The second-order valence-electron chi connectivity index (χ2n) is 10.2. The highest BCUT2D eigenvalue weighted by Gasteiger charge is 2.35. The van der Waals surface area contributed by atoms with Crippen LogP contribution in [-0.2, 0) is 32.6 Å². The summed E-state index contributed by atoms with van der Waals surface area (Å²) in [7, 11) is -4.44. The summed E-state index contributed by atoms with van der Waals surface area (Å²) in [5.41, 5.74) is 0.354. The SMILES string of the molecule is CCCNC(=O)C(Cc1ccccc1)N(Cc1ccccc1F)C(=O)CN(c1cccc([N+](=O)[O-])c1)S(=O)(=O)c1ccccc1. The van der Waals surface area contributed by atoms with Crippen LogP contribution in [0.5, 0.6) is 0 Å². The fourth-order valence-electron chi connectivity index (χ4n) is 4.74. The summed E-state index contributed by atoms with van der Waals surface area (Å²) in [4.78, 5) is 39.9. The molecule has 0 saturated heterocycles. The molecule has 0 fully saturated rings. The largest absolute Gasteiger partial charge is 0.354 e. The maximum absolute atomic E-state index is 15.0. The van der Waals surface area contributed by atoms with Crippen molar-refractivity contribution in [1.29, 1.82) is 0 Å². The molecule has 10 nitrogen and oxygen atoms in total. The van der Waals surface area contributed by atoms with Crippen molar-refractivity contribution in [2.45, 2.75) is 37.2 Å². The Kier molecular flexibility index (Phi) is 11.0. The van der Waals surface area contributed by atoms with Crippen LogP contribution in [0.3, 0.4) is 0 Å². The molecule has 234 valence electrons. The summed E-state index contributed by atoms with van der Waals surface area (Å²) in [6, 6.07) is 25.9. The van der Waals surface area contributed by atoms with E-state index in [-0.39, 0.29) is 34.8 Å². The van der Waals surface area contributed by atoms with Gasteiger partial charge in [-0.05, 0) is 36.2 Å². The minimum atomic E-state index is -4.44. The highest BCUT2D eigenvalue weighted by atomic mass is 32.2. The number of carbonyl (C=O) groups excluding carboxylic acids is 2. The molecule has 0 spiro atoms. The number of nitro benzene ring substituents is 1. The molecule has 0 saturated carbocycles. The Morgan fingerprint density at radius 3 is 2.20 bits per heavy atom. The molecule has 4 rings (SSSR count). The lowest BCUT2D eigenvalue weighted by Crippen LogP contribution is -2.53. The Morgan fingerprint density at radius 2 is 1.56 bits per heavy atom. The van der Waals surface area contributed by atoms with E-state index < -0.39 is 45.2 Å². The average Bonchev–Trinajstić information content (AvgIpc) is 3.05. The Balaban J connectivity index is 1.83. The first kappa shape index (κ1) is 32.8. The number of rotatable bonds is 14. The normalized spacial score (nSPS) is 11.8. The van der Waals surface area contributed by atoms with E-state index >= 15 is 0 Å². The molecule has 45 heavy (non-hydrogen) atoms. The summed E-state index contributed by atoms with van der Waals surface area (Å²) in [5.74, 6) is -1.90. The number of nitrogens with zero attached hydrogens (tertiary/aromatic N) is 3. The maximum atomic E-state index is 15.0. The van der Waals surface area contributed by atoms with Crippen molar-refractivity contribution in [3.8, 4) is 0 Å². The van der Waals surface area contributed by atoms with Gasteiger partial charge in [0.15, 0.2) is 0 Å². The van der Waals surface area contributed by atoms with Crippen molar-refractivity contribution in [3.63, 3.8) is 0 Å². The van der Waals surface area contributed by atoms with Crippen LogP contribution in [0, 0.1) is 15.9 Å². The molecule has 2 amide bonds. The zero-order valence-electron chi connectivity index (χ0n) is 24.6. The first-order valence-electron chi connectivity index (χ1n) is 14.3. The van der Waals surface area contributed by atoms with Crippen LogP contribution >= 0.6 is 0 Å². The Bertz CT molecular complexity index is 1740. The number of amides is 2. The van der Waals surface area contributed by atoms with Gasteiger partial charge in [0.25, 0.3) is 15.7 Å². The second-order valence-corrected chi connectivity index (χ2v) is 12.1. The van der Waals surface area contributed by atoms with Crippen LogP contribution in [-0.4, -0.2) is 49.2 Å². The van der Waals surface area contributed by atoms with Gasteiger partial charge in [-0.3, -0.25) is 24.0 Å². The number of anilines is 1.